The van der Waals surface area contributed by atoms with Crippen LogP contribution >= 0.6 is 0 Å². The second-order valence-electron chi connectivity index (χ2n) is 5.87. The van der Waals surface area contributed by atoms with Crippen LogP contribution in [0.4, 0.5) is 23.7 Å². The standard InChI is InChI=1S/C19H21F3N2O2/c1-4-26-17-10-5-12(2)11-16(17)13(3)23-18(25)24-15-8-6-14(7-9-15)19(20,21)22/h5-11,13H,4H2,1-3H3,(H2,23,24,25). The fourth-order valence-electron chi connectivity index (χ4n) is 2.48. The Morgan fingerprint density at radius 1 is 1.15 bits per heavy atom. The molecule has 0 saturated carbocycles. The Kier molecular flexibility index (Phi) is 6.13. The topological polar surface area (TPSA) is 50.4 Å². The number of amides is 2. The molecule has 2 aromatic carbocycles. The van der Waals surface area contributed by atoms with Crippen molar-refractivity contribution in [3.05, 3.63) is 59.2 Å². The first-order valence-corrected chi connectivity index (χ1v) is 8.19. The normalized spacial score (nSPS) is 12.4. The summed E-state index contributed by atoms with van der Waals surface area (Å²) in [4.78, 5) is 12.1. The predicted molar refractivity (Wildman–Crippen MR) is 94.4 cm³/mol. The maximum absolute atomic E-state index is 12.6. The number of aryl methyl sites for hydroxylation is 1. The van der Waals surface area contributed by atoms with Crippen LogP contribution in [-0.4, -0.2) is 12.6 Å². The van der Waals surface area contributed by atoms with Crippen molar-refractivity contribution in [3.63, 3.8) is 0 Å². The van der Waals surface area contributed by atoms with Crippen molar-refractivity contribution < 1.29 is 22.7 Å². The molecule has 26 heavy (non-hydrogen) atoms. The van der Waals surface area contributed by atoms with Crippen molar-refractivity contribution in [1.82, 2.24) is 5.32 Å². The quantitative estimate of drug-likeness (QED) is 0.755. The third-order valence-corrected chi connectivity index (χ3v) is 3.75. The van der Waals surface area contributed by atoms with Crippen LogP contribution in [0, 0.1) is 6.92 Å². The maximum Gasteiger partial charge on any atom is 0.416 e. The summed E-state index contributed by atoms with van der Waals surface area (Å²) >= 11 is 0. The van der Waals surface area contributed by atoms with E-state index in [1.54, 1.807) is 0 Å². The van der Waals surface area contributed by atoms with Crippen molar-refractivity contribution in [3.8, 4) is 5.75 Å². The molecule has 0 aliphatic rings. The number of nitrogens with one attached hydrogen (secondary N) is 2. The number of urea groups is 1. The van der Waals surface area contributed by atoms with E-state index >= 15 is 0 Å². The maximum atomic E-state index is 12.6. The summed E-state index contributed by atoms with van der Waals surface area (Å²) in [5, 5.41) is 5.29. The minimum atomic E-state index is -4.41. The summed E-state index contributed by atoms with van der Waals surface area (Å²) in [6, 6.07) is 9.11. The lowest BCUT2D eigenvalue weighted by atomic mass is 10.0. The highest BCUT2D eigenvalue weighted by molar-refractivity contribution is 5.89. The number of carbonyl (C=O) groups excluding carboxylic acids is 1. The van der Waals surface area contributed by atoms with Crippen LogP contribution < -0.4 is 15.4 Å². The van der Waals surface area contributed by atoms with Crippen molar-refractivity contribution in [2.45, 2.75) is 33.0 Å². The molecule has 0 radical (unpaired) electrons. The van der Waals surface area contributed by atoms with Gasteiger partial charge in [-0.2, -0.15) is 13.2 Å². The van der Waals surface area contributed by atoms with E-state index in [2.05, 4.69) is 10.6 Å². The van der Waals surface area contributed by atoms with Crippen molar-refractivity contribution >= 4 is 11.7 Å². The van der Waals surface area contributed by atoms with Gasteiger partial charge >= 0.3 is 12.2 Å². The molecule has 2 N–H and O–H groups in total. The van der Waals surface area contributed by atoms with Gasteiger partial charge < -0.3 is 15.4 Å². The van der Waals surface area contributed by atoms with Crippen LogP contribution in [-0.2, 0) is 6.18 Å². The van der Waals surface area contributed by atoms with Crippen LogP contribution in [0.5, 0.6) is 5.75 Å². The zero-order valence-corrected chi connectivity index (χ0v) is 14.8. The number of ether oxygens (including phenoxy) is 1. The van der Waals surface area contributed by atoms with Crippen molar-refractivity contribution in [2.24, 2.45) is 0 Å². The number of hydrogen-bond donors (Lipinski definition) is 2. The largest absolute Gasteiger partial charge is 0.494 e. The molecule has 0 aromatic heterocycles. The van der Waals surface area contributed by atoms with Gasteiger partial charge in [-0.3, -0.25) is 0 Å². The molecular formula is C19H21F3N2O2. The molecule has 0 fully saturated rings. The molecule has 0 saturated heterocycles. The monoisotopic (exact) mass is 366 g/mol. The smallest absolute Gasteiger partial charge is 0.416 e. The number of benzene rings is 2. The van der Waals surface area contributed by atoms with Crippen LogP contribution in [0.2, 0.25) is 0 Å². The molecule has 2 aromatic rings. The van der Waals surface area contributed by atoms with Crippen LogP contribution in [0.15, 0.2) is 42.5 Å². The summed E-state index contributed by atoms with van der Waals surface area (Å²) in [5.74, 6) is 0.681. The van der Waals surface area contributed by atoms with E-state index in [1.165, 1.54) is 12.1 Å². The lowest BCUT2D eigenvalue weighted by molar-refractivity contribution is -0.137. The third kappa shape index (κ3) is 5.15. The minimum absolute atomic E-state index is 0.275. The molecule has 1 unspecified atom stereocenters. The molecule has 0 aliphatic carbocycles. The first-order valence-electron chi connectivity index (χ1n) is 8.19. The van der Waals surface area contributed by atoms with Gasteiger partial charge in [0, 0.05) is 11.3 Å². The lowest BCUT2D eigenvalue weighted by Crippen LogP contribution is -2.31. The number of alkyl halides is 3. The molecule has 140 valence electrons. The molecule has 0 spiro atoms. The van der Waals surface area contributed by atoms with E-state index < -0.39 is 17.8 Å². The molecule has 4 nitrogen and oxygen atoms in total. The molecule has 0 bridgehead atoms. The van der Waals surface area contributed by atoms with Crippen molar-refractivity contribution in [1.29, 1.82) is 0 Å². The molecular weight excluding hydrogens is 345 g/mol. The SMILES string of the molecule is CCOc1ccc(C)cc1C(C)NC(=O)Nc1ccc(C(F)(F)F)cc1. The predicted octanol–water partition coefficient (Wildman–Crippen LogP) is 5.30. The third-order valence-electron chi connectivity index (χ3n) is 3.75. The van der Waals surface area contributed by atoms with Gasteiger partial charge in [0.15, 0.2) is 0 Å². The van der Waals surface area contributed by atoms with Gasteiger partial charge in [0.05, 0.1) is 18.2 Å². The highest BCUT2D eigenvalue weighted by atomic mass is 19.4. The summed E-state index contributed by atoms with van der Waals surface area (Å²) in [6.07, 6.45) is -4.41. The van der Waals surface area contributed by atoms with E-state index in [0.29, 0.717) is 12.4 Å². The Balaban J connectivity index is 2.04. The Morgan fingerprint density at radius 3 is 2.38 bits per heavy atom. The summed E-state index contributed by atoms with van der Waals surface area (Å²) in [6.45, 7) is 6.12. The summed E-state index contributed by atoms with van der Waals surface area (Å²) in [7, 11) is 0. The fraction of sp³-hybridized carbons (Fsp3) is 0.316. The Morgan fingerprint density at radius 2 is 1.81 bits per heavy atom. The lowest BCUT2D eigenvalue weighted by Gasteiger charge is -2.19. The van der Waals surface area contributed by atoms with Crippen molar-refractivity contribution in [2.75, 3.05) is 11.9 Å². The van der Waals surface area contributed by atoms with Gasteiger partial charge in [-0.25, -0.2) is 4.79 Å². The number of halogens is 3. The van der Waals surface area contributed by atoms with Crippen LogP contribution in [0.1, 0.15) is 36.6 Å². The van der Waals surface area contributed by atoms with E-state index in [-0.39, 0.29) is 11.7 Å². The Hall–Kier alpha value is -2.70. The average molecular weight is 366 g/mol. The molecule has 1 atom stereocenters. The fourth-order valence-corrected chi connectivity index (χ4v) is 2.48. The minimum Gasteiger partial charge on any atom is -0.494 e. The van der Waals surface area contributed by atoms with Gasteiger partial charge in [-0.15, -0.1) is 0 Å². The van der Waals surface area contributed by atoms with E-state index in [9.17, 15) is 18.0 Å². The summed E-state index contributed by atoms with van der Waals surface area (Å²) < 4.78 is 43.3. The first kappa shape index (κ1) is 19.6. The molecule has 7 heteroatoms. The second kappa shape index (κ2) is 8.12. The first-order chi connectivity index (χ1) is 12.2. The molecule has 2 amide bonds. The second-order valence-corrected chi connectivity index (χ2v) is 5.87. The van der Waals surface area contributed by atoms with E-state index in [1.807, 2.05) is 39.0 Å². The number of carbonyl (C=O) groups is 1. The highest BCUT2D eigenvalue weighted by Gasteiger charge is 2.30. The van der Waals surface area contributed by atoms with Gasteiger partial charge in [-0.1, -0.05) is 17.7 Å². The zero-order valence-electron chi connectivity index (χ0n) is 14.8. The Labute approximate surface area is 150 Å². The zero-order chi connectivity index (χ0) is 19.3. The summed E-state index contributed by atoms with van der Waals surface area (Å²) in [5.41, 5.74) is 1.37. The number of rotatable bonds is 5. The highest BCUT2D eigenvalue weighted by Crippen LogP contribution is 2.30. The van der Waals surface area contributed by atoms with E-state index in [4.69, 9.17) is 4.74 Å². The van der Waals surface area contributed by atoms with Gasteiger partial charge in [0.25, 0.3) is 0 Å². The van der Waals surface area contributed by atoms with E-state index in [0.717, 1.165) is 23.3 Å². The number of hydrogen-bond acceptors (Lipinski definition) is 2. The van der Waals surface area contributed by atoms with Gasteiger partial charge in [-0.05, 0) is 51.1 Å². The van der Waals surface area contributed by atoms with Gasteiger partial charge in [0.1, 0.15) is 5.75 Å². The van der Waals surface area contributed by atoms with Crippen LogP contribution in [0.25, 0.3) is 0 Å². The molecule has 0 heterocycles. The average Bonchev–Trinajstić information content (AvgIpc) is 2.56. The van der Waals surface area contributed by atoms with Crippen LogP contribution in [0.3, 0.4) is 0 Å². The Bertz CT molecular complexity index is 758. The molecule has 0 aliphatic heterocycles. The molecule has 2 rings (SSSR count). The van der Waals surface area contributed by atoms with Gasteiger partial charge in [0.2, 0.25) is 0 Å². The number of anilines is 1.